The number of hydrogen-bond acceptors (Lipinski definition) is 7. The van der Waals surface area contributed by atoms with Crippen LogP contribution in [-0.2, 0) is 27.2 Å². The van der Waals surface area contributed by atoms with Crippen molar-refractivity contribution in [1.29, 1.82) is 0 Å². The van der Waals surface area contributed by atoms with E-state index in [1.807, 2.05) is 60.7 Å². The minimum atomic E-state index is -0.954. The molecule has 1 aliphatic carbocycles. The summed E-state index contributed by atoms with van der Waals surface area (Å²) < 4.78 is 6.94. The number of rotatable bonds is 7. The summed E-state index contributed by atoms with van der Waals surface area (Å²) in [5.74, 6) is -2.36. The summed E-state index contributed by atoms with van der Waals surface area (Å²) in [5.41, 5.74) is 6.61. The fourth-order valence-electron chi connectivity index (χ4n) is 4.46. The van der Waals surface area contributed by atoms with Gasteiger partial charge in [-0.25, -0.2) is 14.9 Å². The number of anilines is 1. The average Bonchev–Trinajstić information content (AvgIpc) is 3.55. The van der Waals surface area contributed by atoms with Gasteiger partial charge in [-0.15, -0.1) is 11.3 Å². The van der Waals surface area contributed by atoms with Crippen molar-refractivity contribution >= 4 is 40.3 Å². The number of hydrogen-bond donors (Lipinski definition) is 2. The molecule has 1 aliphatic rings. The first-order valence-electron chi connectivity index (χ1n) is 12.7. The number of carbonyl (C=O) groups excluding carboxylic acids is 3. The third kappa shape index (κ3) is 5.80. The van der Waals surface area contributed by atoms with E-state index in [1.165, 1.54) is 17.6 Å². The molecule has 0 saturated carbocycles. The number of thiophene rings is 1. The molecule has 0 radical (unpaired) electrons. The van der Waals surface area contributed by atoms with Gasteiger partial charge in [0.25, 0.3) is 0 Å². The van der Waals surface area contributed by atoms with Crippen LogP contribution >= 0.6 is 11.3 Å². The van der Waals surface area contributed by atoms with E-state index in [2.05, 4.69) is 15.8 Å². The molecule has 0 spiro atoms. The number of aromatic nitrogens is 2. The first-order valence-corrected chi connectivity index (χ1v) is 13.5. The number of fused-ring (bicyclic) bond motifs is 1. The van der Waals surface area contributed by atoms with Crippen molar-refractivity contribution in [3.05, 3.63) is 88.4 Å². The Morgan fingerprint density at radius 3 is 2.49 bits per heavy atom. The second-order valence-corrected chi connectivity index (χ2v) is 9.97. The highest BCUT2D eigenvalue weighted by atomic mass is 32.1. The predicted octanol–water partition coefficient (Wildman–Crippen LogP) is 4.75. The maximum Gasteiger partial charge on any atom is 0.341 e. The molecule has 198 valence electrons. The molecule has 5 rings (SSSR count). The van der Waals surface area contributed by atoms with Gasteiger partial charge in [-0.05, 0) is 50.3 Å². The Bertz CT molecular complexity index is 1530. The molecule has 4 aromatic rings. The van der Waals surface area contributed by atoms with Gasteiger partial charge in [0.15, 0.2) is 0 Å². The Morgan fingerprint density at radius 1 is 1.03 bits per heavy atom. The first-order chi connectivity index (χ1) is 19.0. The van der Waals surface area contributed by atoms with E-state index in [-0.39, 0.29) is 6.61 Å². The molecule has 2 amide bonds. The third-order valence-electron chi connectivity index (χ3n) is 6.26. The van der Waals surface area contributed by atoms with Crippen LogP contribution in [0.1, 0.15) is 46.1 Å². The van der Waals surface area contributed by atoms with Crippen LogP contribution in [0.4, 0.5) is 5.00 Å². The first kappa shape index (κ1) is 26.1. The van der Waals surface area contributed by atoms with E-state index in [4.69, 9.17) is 9.84 Å². The van der Waals surface area contributed by atoms with Crippen molar-refractivity contribution in [3.63, 3.8) is 0 Å². The molecule has 2 N–H and O–H groups in total. The Morgan fingerprint density at radius 2 is 1.74 bits per heavy atom. The SMILES string of the molecule is CCOC(=O)c1c(NC(=O)C(=O)N/N=C\c2cn(-c3ccccc3)nc2-c2ccccc2)sc2c1CCCC2. The molecule has 0 fully saturated rings. The number of aryl methyl sites for hydroxylation is 1. The van der Waals surface area contributed by atoms with Gasteiger partial charge < -0.3 is 10.1 Å². The summed E-state index contributed by atoms with van der Waals surface area (Å²) in [6, 6.07) is 19.2. The number of hydrazone groups is 1. The third-order valence-corrected chi connectivity index (χ3v) is 7.47. The number of benzene rings is 2. The summed E-state index contributed by atoms with van der Waals surface area (Å²) in [7, 11) is 0. The summed E-state index contributed by atoms with van der Waals surface area (Å²) in [4.78, 5) is 39.0. The molecule has 39 heavy (non-hydrogen) atoms. The number of carbonyl (C=O) groups is 3. The molecule has 0 aliphatic heterocycles. The highest BCUT2D eigenvalue weighted by molar-refractivity contribution is 7.17. The van der Waals surface area contributed by atoms with Gasteiger partial charge in [0.2, 0.25) is 0 Å². The molecule has 10 heteroatoms. The Hall–Kier alpha value is -4.57. The molecule has 2 heterocycles. The van der Waals surface area contributed by atoms with E-state index in [1.54, 1.807) is 17.8 Å². The van der Waals surface area contributed by atoms with Gasteiger partial charge in [0.1, 0.15) is 10.7 Å². The molecule has 2 aromatic heterocycles. The van der Waals surface area contributed by atoms with Crippen LogP contribution in [0.15, 0.2) is 72.0 Å². The lowest BCUT2D eigenvalue weighted by Gasteiger charge is -2.12. The Balaban J connectivity index is 1.33. The smallest absolute Gasteiger partial charge is 0.341 e. The van der Waals surface area contributed by atoms with Crippen LogP contribution in [-0.4, -0.2) is 40.4 Å². The molecule has 0 atom stereocenters. The van der Waals surface area contributed by atoms with Gasteiger partial charge in [-0.1, -0.05) is 48.5 Å². The number of nitrogens with zero attached hydrogens (tertiary/aromatic N) is 3. The zero-order chi connectivity index (χ0) is 27.2. The average molecular weight is 542 g/mol. The number of nitrogens with one attached hydrogen (secondary N) is 2. The molecule has 0 saturated heterocycles. The highest BCUT2D eigenvalue weighted by Gasteiger charge is 2.28. The van der Waals surface area contributed by atoms with Gasteiger partial charge in [0.05, 0.1) is 24.1 Å². The van der Waals surface area contributed by atoms with E-state index in [9.17, 15) is 14.4 Å². The molecular weight excluding hydrogens is 514 g/mol. The van der Waals surface area contributed by atoms with Crippen LogP contribution in [0.5, 0.6) is 0 Å². The minimum absolute atomic E-state index is 0.220. The summed E-state index contributed by atoms with van der Waals surface area (Å²) in [6.07, 6.45) is 6.81. The summed E-state index contributed by atoms with van der Waals surface area (Å²) in [5, 5.41) is 11.7. The van der Waals surface area contributed by atoms with Crippen LogP contribution in [0, 0.1) is 0 Å². The number of para-hydroxylation sites is 1. The van der Waals surface area contributed by atoms with Crippen molar-refractivity contribution < 1.29 is 19.1 Å². The quantitative estimate of drug-likeness (QED) is 0.152. The molecule has 0 unspecified atom stereocenters. The van der Waals surface area contributed by atoms with Gasteiger partial charge in [0, 0.05) is 22.2 Å². The van der Waals surface area contributed by atoms with Crippen molar-refractivity contribution in [2.45, 2.75) is 32.6 Å². The second-order valence-electron chi connectivity index (χ2n) is 8.87. The maximum absolute atomic E-state index is 12.7. The largest absolute Gasteiger partial charge is 0.462 e. The number of amides is 2. The van der Waals surface area contributed by atoms with Gasteiger partial charge >= 0.3 is 17.8 Å². The second kappa shape index (κ2) is 11.9. The van der Waals surface area contributed by atoms with E-state index < -0.39 is 17.8 Å². The molecule has 9 nitrogen and oxygen atoms in total. The van der Waals surface area contributed by atoms with E-state index in [0.717, 1.165) is 47.4 Å². The van der Waals surface area contributed by atoms with Crippen molar-refractivity contribution in [3.8, 4) is 16.9 Å². The van der Waals surface area contributed by atoms with Gasteiger partial charge in [-0.3, -0.25) is 9.59 Å². The monoisotopic (exact) mass is 541 g/mol. The van der Waals surface area contributed by atoms with Crippen LogP contribution in [0.2, 0.25) is 0 Å². The van der Waals surface area contributed by atoms with E-state index >= 15 is 0 Å². The molecular formula is C29H27N5O4S. The zero-order valence-electron chi connectivity index (χ0n) is 21.3. The Labute approximate surface area is 229 Å². The lowest BCUT2D eigenvalue weighted by Crippen LogP contribution is -2.32. The number of esters is 1. The normalized spacial score (nSPS) is 12.6. The molecule has 0 bridgehead atoms. The maximum atomic E-state index is 12.7. The number of ether oxygens (including phenoxy) is 1. The van der Waals surface area contributed by atoms with Crippen LogP contribution < -0.4 is 10.7 Å². The Kier molecular flexibility index (Phi) is 7.93. The topological polar surface area (TPSA) is 115 Å². The van der Waals surface area contributed by atoms with Crippen molar-refractivity contribution in [2.75, 3.05) is 11.9 Å². The van der Waals surface area contributed by atoms with Gasteiger partial charge in [-0.2, -0.15) is 10.2 Å². The van der Waals surface area contributed by atoms with Crippen LogP contribution in [0.3, 0.4) is 0 Å². The predicted molar refractivity (Wildman–Crippen MR) is 150 cm³/mol. The van der Waals surface area contributed by atoms with E-state index in [0.29, 0.717) is 21.8 Å². The zero-order valence-corrected chi connectivity index (χ0v) is 22.2. The minimum Gasteiger partial charge on any atom is -0.462 e. The summed E-state index contributed by atoms with van der Waals surface area (Å²) >= 11 is 1.32. The standard InChI is InChI=1S/C29H27N5O4S/c1-2-38-29(37)24-22-15-9-10-16-23(22)39-28(24)31-26(35)27(36)32-30-17-20-18-34(21-13-7-4-8-14-21)33-25(20)19-11-5-3-6-12-19/h3-8,11-14,17-18H,2,9-10,15-16H2,1H3,(H,31,35)(H,32,36)/b30-17-. The molecule has 2 aromatic carbocycles. The fourth-order valence-corrected chi connectivity index (χ4v) is 5.73. The fraction of sp³-hybridized carbons (Fsp3) is 0.207. The lowest BCUT2D eigenvalue weighted by atomic mass is 9.95. The van der Waals surface area contributed by atoms with Crippen LogP contribution in [0.25, 0.3) is 16.9 Å². The highest BCUT2D eigenvalue weighted by Crippen LogP contribution is 2.38. The summed E-state index contributed by atoms with van der Waals surface area (Å²) in [6.45, 7) is 1.95. The van der Waals surface area contributed by atoms with Crippen molar-refractivity contribution in [2.24, 2.45) is 5.10 Å². The lowest BCUT2D eigenvalue weighted by molar-refractivity contribution is -0.136. The van der Waals surface area contributed by atoms with Crippen molar-refractivity contribution in [1.82, 2.24) is 15.2 Å².